The van der Waals surface area contributed by atoms with Crippen LogP contribution in [0.15, 0.2) is 47.1 Å². The van der Waals surface area contributed by atoms with Gasteiger partial charge in [-0.1, -0.05) is 28.1 Å². The molecule has 0 unspecified atom stereocenters. The highest BCUT2D eigenvalue weighted by atomic mass is 79.9. The average Bonchev–Trinajstić information content (AvgIpc) is 2.66. The molecule has 3 rings (SSSR count). The van der Waals surface area contributed by atoms with Crippen LogP contribution in [-0.4, -0.2) is 51.4 Å². The van der Waals surface area contributed by atoms with Crippen LogP contribution < -0.4 is 10.2 Å². The molecular weight excluding hydrogens is 446 g/mol. The molecule has 9 heteroatoms. The van der Waals surface area contributed by atoms with E-state index in [-0.39, 0.29) is 12.3 Å². The van der Waals surface area contributed by atoms with Crippen molar-refractivity contribution in [1.82, 2.24) is 10.3 Å². The SMILES string of the molecule is O=C(CS(=O)(=O)Cc1cccc(Br)c1)NCc1ccnc(N2CCOCC2)c1. The molecule has 0 radical (unpaired) electrons. The molecule has 1 fully saturated rings. The second kappa shape index (κ2) is 9.49. The third-order valence-electron chi connectivity index (χ3n) is 4.26. The van der Waals surface area contributed by atoms with Gasteiger partial charge in [-0.05, 0) is 35.4 Å². The minimum absolute atomic E-state index is 0.170. The van der Waals surface area contributed by atoms with Gasteiger partial charge in [-0.3, -0.25) is 4.79 Å². The van der Waals surface area contributed by atoms with Crippen LogP contribution in [0.5, 0.6) is 0 Å². The fourth-order valence-electron chi connectivity index (χ4n) is 2.92. The molecule has 1 amide bonds. The third kappa shape index (κ3) is 6.29. The molecule has 0 aliphatic carbocycles. The molecule has 1 aromatic heterocycles. The molecule has 0 saturated carbocycles. The Labute approximate surface area is 173 Å². The lowest BCUT2D eigenvalue weighted by atomic mass is 10.2. The number of sulfone groups is 1. The van der Waals surface area contributed by atoms with E-state index in [1.54, 1.807) is 30.5 Å². The van der Waals surface area contributed by atoms with Crippen LogP contribution in [-0.2, 0) is 31.7 Å². The van der Waals surface area contributed by atoms with E-state index in [1.165, 1.54) is 0 Å². The number of anilines is 1. The summed E-state index contributed by atoms with van der Waals surface area (Å²) in [4.78, 5) is 18.6. The number of pyridine rings is 1. The summed E-state index contributed by atoms with van der Waals surface area (Å²) in [5.74, 6) is -0.394. The minimum atomic E-state index is -3.55. The van der Waals surface area contributed by atoms with E-state index in [4.69, 9.17) is 4.74 Å². The molecule has 28 heavy (non-hydrogen) atoms. The van der Waals surface area contributed by atoms with Crippen molar-refractivity contribution in [2.24, 2.45) is 0 Å². The first kappa shape index (κ1) is 20.8. The first-order chi connectivity index (χ1) is 13.4. The van der Waals surface area contributed by atoms with Gasteiger partial charge in [-0.2, -0.15) is 0 Å². The molecule has 1 N–H and O–H groups in total. The highest BCUT2D eigenvalue weighted by Gasteiger charge is 2.18. The van der Waals surface area contributed by atoms with Gasteiger partial charge in [0.25, 0.3) is 0 Å². The van der Waals surface area contributed by atoms with Crippen LogP contribution in [0, 0.1) is 0 Å². The summed E-state index contributed by atoms with van der Waals surface area (Å²) in [6.45, 7) is 3.13. The zero-order valence-corrected chi connectivity index (χ0v) is 17.7. The van der Waals surface area contributed by atoms with Crippen LogP contribution in [0.3, 0.4) is 0 Å². The molecule has 1 saturated heterocycles. The quantitative estimate of drug-likeness (QED) is 0.668. The van der Waals surface area contributed by atoms with Crippen LogP contribution in [0.2, 0.25) is 0 Å². The fraction of sp³-hybridized carbons (Fsp3) is 0.368. The van der Waals surface area contributed by atoms with Crippen molar-refractivity contribution >= 4 is 37.5 Å². The van der Waals surface area contributed by atoms with Crippen LogP contribution in [0.1, 0.15) is 11.1 Å². The highest BCUT2D eigenvalue weighted by Crippen LogP contribution is 2.15. The Morgan fingerprint density at radius 2 is 1.96 bits per heavy atom. The number of carbonyl (C=O) groups is 1. The number of halogens is 1. The average molecular weight is 468 g/mol. The summed E-state index contributed by atoms with van der Waals surface area (Å²) in [7, 11) is -3.55. The summed E-state index contributed by atoms with van der Waals surface area (Å²) in [5, 5.41) is 2.68. The lowest BCUT2D eigenvalue weighted by molar-refractivity contribution is -0.118. The van der Waals surface area contributed by atoms with Gasteiger partial charge < -0.3 is 15.0 Å². The molecular formula is C19H22BrN3O4S. The third-order valence-corrected chi connectivity index (χ3v) is 6.23. The number of rotatable bonds is 7. The second-order valence-corrected chi connectivity index (χ2v) is 9.54. The minimum Gasteiger partial charge on any atom is -0.378 e. The highest BCUT2D eigenvalue weighted by molar-refractivity contribution is 9.10. The van der Waals surface area contributed by atoms with E-state index in [2.05, 4.69) is 31.1 Å². The van der Waals surface area contributed by atoms with Gasteiger partial charge in [-0.25, -0.2) is 13.4 Å². The number of ether oxygens (including phenoxy) is 1. The summed E-state index contributed by atoms with van der Waals surface area (Å²) in [5.41, 5.74) is 1.51. The molecule has 7 nitrogen and oxygen atoms in total. The first-order valence-corrected chi connectivity index (χ1v) is 11.5. The number of hydrogen-bond donors (Lipinski definition) is 1. The Morgan fingerprint density at radius 1 is 1.18 bits per heavy atom. The topological polar surface area (TPSA) is 88.6 Å². The first-order valence-electron chi connectivity index (χ1n) is 8.90. The Morgan fingerprint density at radius 3 is 2.71 bits per heavy atom. The smallest absolute Gasteiger partial charge is 0.235 e. The summed E-state index contributed by atoms with van der Waals surface area (Å²) in [6.07, 6.45) is 1.69. The molecule has 1 aromatic carbocycles. The van der Waals surface area contributed by atoms with E-state index in [0.717, 1.165) is 28.9 Å². The number of nitrogens with one attached hydrogen (secondary N) is 1. The van der Waals surface area contributed by atoms with Gasteiger partial charge in [0.1, 0.15) is 11.6 Å². The molecule has 2 heterocycles. The molecule has 150 valence electrons. The van der Waals surface area contributed by atoms with E-state index in [9.17, 15) is 13.2 Å². The van der Waals surface area contributed by atoms with Gasteiger partial charge >= 0.3 is 0 Å². The number of nitrogens with zero attached hydrogens (tertiary/aromatic N) is 2. The lowest BCUT2D eigenvalue weighted by Crippen LogP contribution is -2.36. The van der Waals surface area contributed by atoms with Gasteiger partial charge in [0.15, 0.2) is 9.84 Å². The van der Waals surface area contributed by atoms with E-state index >= 15 is 0 Å². The second-order valence-electron chi connectivity index (χ2n) is 6.56. The molecule has 1 aliphatic heterocycles. The molecule has 0 atom stereocenters. The fourth-order valence-corrected chi connectivity index (χ4v) is 4.66. The largest absolute Gasteiger partial charge is 0.378 e. The van der Waals surface area contributed by atoms with E-state index in [1.807, 2.05) is 12.1 Å². The Balaban J connectivity index is 1.53. The van der Waals surface area contributed by atoms with Crippen molar-refractivity contribution in [3.05, 3.63) is 58.2 Å². The van der Waals surface area contributed by atoms with Crippen molar-refractivity contribution in [2.45, 2.75) is 12.3 Å². The van der Waals surface area contributed by atoms with Crippen LogP contribution in [0.25, 0.3) is 0 Å². The standard InChI is InChI=1S/C19H22BrN3O4S/c20-17-3-1-2-16(10-17)13-28(25,26)14-19(24)22-12-15-4-5-21-18(11-15)23-6-8-27-9-7-23/h1-5,10-11H,6-9,12-14H2,(H,22,24). The van der Waals surface area contributed by atoms with Gasteiger partial charge in [0.05, 0.1) is 19.0 Å². The maximum atomic E-state index is 12.3. The molecule has 0 spiro atoms. The number of aromatic nitrogens is 1. The van der Waals surface area contributed by atoms with Gasteiger partial charge in [0, 0.05) is 30.3 Å². The maximum absolute atomic E-state index is 12.3. The monoisotopic (exact) mass is 467 g/mol. The van der Waals surface area contributed by atoms with Crippen LogP contribution >= 0.6 is 15.9 Å². The summed E-state index contributed by atoms with van der Waals surface area (Å²) in [6, 6.07) is 10.8. The van der Waals surface area contributed by atoms with Gasteiger partial charge in [0.2, 0.25) is 5.91 Å². The van der Waals surface area contributed by atoms with Crippen LogP contribution in [0.4, 0.5) is 5.82 Å². The maximum Gasteiger partial charge on any atom is 0.235 e. The predicted molar refractivity (Wildman–Crippen MR) is 111 cm³/mol. The van der Waals surface area contributed by atoms with Crippen molar-refractivity contribution in [2.75, 3.05) is 37.0 Å². The molecule has 1 aliphatic rings. The number of carbonyl (C=O) groups excluding carboxylic acids is 1. The van der Waals surface area contributed by atoms with Crippen molar-refractivity contribution in [3.8, 4) is 0 Å². The van der Waals surface area contributed by atoms with Crippen molar-refractivity contribution < 1.29 is 17.9 Å². The zero-order valence-electron chi connectivity index (χ0n) is 15.3. The molecule has 2 aromatic rings. The number of amides is 1. The van der Waals surface area contributed by atoms with Gasteiger partial charge in [-0.15, -0.1) is 0 Å². The summed E-state index contributed by atoms with van der Waals surface area (Å²) >= 11 is 3.32. The number of morpholine rings is 1. The number of benzene rings is 1. The van der Waals surface area contributed by atoms with E-state index in [0.29, 0.717) is 18.8 Å². The number of hydrogen-bond acceptors (Lipinski definition) is 6. The van der Waals surface area contributed by atoms with E-state index < -0.39 is 21.5 Å². The van der Waals surface area contributed by atoms with Crippen molar-refractivity contribution in [3.63, 3.8) is 0 Å². The lowest BCUT2D eigenvalue weighted by Gasteiger charge is -2.28. The zero-order chi connectivity index (χ0) is 20.0. The summed E-state index contributed by atoms with van der Waals surface area (Å²) < 4.78 is 30.7. The Kier molecular flexibility index (Phi) is 7.03. The Bertz CT molecular complexity index is 930. The normalized spacial score (nSPS) is 14.7. The van der Waals surface area contributed by atoms with Crippen molar-refractivity contribution in [1.29, 1.82) is 0 Å². The molecule has 0 bridgehead atoms. The predicted octanol–water partition coefficient (Wildman–Crippen LogP) is 1.91. The Hall–Kier alpha value is -1.97.